The fourth-order valence-corrected chi connectivity index (χ4v) is 2.67. The summed E-state index contributed by atoms with van der Waals surface area (Å²) < 4.78 is 5.36. The van der Waals surface area contributed by atoms with E-state index in [2.05, 4.69) is 36.1 Å². The number of nitrogens with one attached hydrogen (secondary N) is 4. The number of benzene rings is 1. The number of guanidine groups is 1. The molecule has 0 saturated carbocycles. The lowest BCUT2D eigenvalue weighted by atomic mass is 10.2. The van der Waals surface area contributed by atoms with Crippen LogP contribution in [0.25, 0.3) is 11.5 Å². The Morgan fingerprint density at radius 3 is 2.81 bits per heavy atom. The number of aromatic nitrogens is 2. The van der Waals surface area contributed by atoms with E-state index in [-0.39, 0.29) is 0 Å². The van der Waals surface area contributed by atoms with E-state index >= 15 is 0 Å². The van der Waals surface area contributed by atoms with Crippen molar-refractivity contribution in [3.63, 3.8) is 0 Å². The number of nitrogens with two attached hydrogens (primary N) is 1. The first kappa shape index (κ1) is 16.9. The second-order valence-electron chi connectivity index (χ2n) is 6.18. The van der Waals surface area contributed by atoms with Crippen molar-refractivity contribution in [2.75, 3.05) is 10.6 Å². The number of anilines is 2. The Kier molecular flexibility index (Phi) is 4.35. The molecule has 1 aliphatic heterocycles. The fourth-order valence-electron chi connectivity index (χ4n) is 2.67. The van der Waals surface area contributed by atoms with Gasteiger partial charge in [-0.2, -0.15) is 5.10 Å². The third-order valence-electron chi connectivity index (χ3n) is 4.03. The molecular formula is C18H20N8O. The van der Waals surface area contributed by atoms with Gasteiger partial charge in [0, 0.05) is 25.2 Å². The zero-order valence-corrected chi connectivity index (χ0v) is 14.7. The van der Waals surface area contributed by atoms with Crippen LogP contribution in [0.1, 0.15) is 12.5 Å². The summed E-state index contributed by atoms with van der Waals surface area (Å²) in [7, 11) is 0. The number of aromatic amines is 1. The molecule has 1 unspecified atom stereocenters. The largest absolute Gasteiger partial charge is 0.463 e. The molecule has 0 bridgehead atoms. The zero-order chi connectivity index (χ0) is 18.7. The van der Waals surface area contributed by atoms with Crippen molar-refractivity contribution < 1.29 is 4.42 Å². The summed E-state index contributed by atoms with van der Waals surface area (Å²) in [5, 5.41) is 16.6. The van der Waals surface area contributed by atoms with Crippen LogP contribution < -0.4 is 21.7 Å². The fraction of sp³-hybridized carbons (Fsp3) is 0.167. The highest BCUT2D eigenvalue weighted by atomic mass is 16.3. The SMILES string of the molecule is CC1(Nc2cc(-c3ccco3)[nH]n2)N=CNC(Nc2ccc(CN)cc2)=N1. The van der Waals surface area contributed by atoms with E-state index in [0.29, 0.717) is 24.1 Å². The maximum absolute atomic E-state index is 5.63. The number of furan rings is 1. The Hall–Kier alpha value is -3.59. The molecule has 138 valence electrons. The van der Waals surface area contributed by atoms with Crippen molar-refractivity contribution in [2.24, 2.45) is 15.7 Å². The molecule has 9 heteroatoms. The molecule has 3 aromatic rings. The van der Waals surface area contributed by atoms with Gasteiger partial charge in [-0.15, -0.1) is 0 Å². The van der Waals surface area contributed by atoms with Gasteiger partial charge in [-0.05, 0) is 29.8 Å². The molecule has 0 fully saturated rings. The van der Waals surface area contributed by atoms with Crippen molar-refractivity contribution in [3.05, 3.63) is 54.3 Å². The van der Waals surface area contributed by atoms with Crippen LogP contribution in [-0.4, -0.2) is 28.3 Å². The Bertz CT molecular complexity index is 958. The van der Waals surface area contributed by atoms with Gasteiger partial charge in [0.15, 0.2) is 11.6 Å². The van der Waals surface area contributed by atoms with E-state index < -0.39 is 5.79 Å². The topological polar surface area (TPSA) is 129 Å². The zero-order valence-electron chi connectivity index (χ0n) is 14.7. The highest BCUT2D eigenvalue weighted by Gasteiger charge is 2.26. The highest BCUT2D eigenvalue weighted by molar-refractivity contribution is 6.01. The smallest absolute Gasteiger partial charge is 0.228 e. The molecule has 0 saturated heterocycles. The van der Waals surface area contributed by atoms with Crippen LogP contribution in [0.4, 0.5) is 11.5 Å². The molecule has 9 nitrogen and oxygen atoms in total. The number of H-pyrrole nitrogens is 1. The third kappa shape index (κ3) is 3.82. The molecule has 6 N–H and O–H groups in total. The third-order valence-corrected chi connectivity index (χ3v) is 4.03. The van der Waals surface area contributed by atoms with E-state index in [1.54, 1.807) is 12.6 Å². The molecule has 2 aromatic heterocycles. The van der Waals surface area contributed by atoms with Crippen LogP contribution in [-0.2, 0) is 6.54 Å². The number of hydrogen-bond donors (Lipinski definition) is 5. The standard InChI is InChI=1S/C18H20N8O/c1-18(23-16-9-14(25-26-16)15-3-2-8-27-15)21-11-20-17(24-18)22-13-6-4-12(10-19)5-7-13/h2-9,11H,10,19H2,1H3,(H2,23,25,26)(H2,20,21,22,24). The average Bonchev–Trinajstić information content (AvgIpc) is 3.34. The normalized spacial score (nSPS) is 18.7. The predicted molar refractivity (Wildman–Crippen MR) is 105 cm³/mol. The van der Waals surface area contributed by atoms with Crippen LogP contribution in [0.2, 0.25) is 0 Å². The van der Waals surface area contributed by atoms with E-state index in [4.69, 9.17) is 10.2 Å². The summed E-state index contributed by atoms with van der Waals surface area (Å²) in [6, 6.07) is 13.4. The molecule has 0 aliphatic carbocycles. The Balaban J connectivity index is 1.48. The van der Waals surface area contributed by atoms with Gasteiger partial charge in [-0.25, -0.2) is 9.98 Å². The predicted octanol–water partition coefficient (Wildman–Crippen LogP) is 2.31. The first-order valence-electron chi connectivity index (χ1n) is 8.47. The quantitative estimate of drug-likeness (QED) is 0.472. The van der Waals surface area contributed by atoms with E-state index in [1.807, 2.05) is 49.4 Å². The second kappa shape index (κ2) is 6.96. The molecule has 1 atom stereocenters. The lowest BCUT2D eigenvalue weighted by Crippen LogP contribution is -2.43. The molecule has 0 amide bonds. The van der Waals surface area contributed by atoms with Gasteiger partial charge in [0.2, 0.25) is 11.7 Å². The van der Waals surface area contributed by atoms with E-state index in [1.165, 1.54) is 0 Å². The lowest BCUT2D eigenvalue weighted by molar-refractivity contribution is 0.560. The molecule has 27 heavy (non-hydrogen) atoms. The molecular weight excluding hydrogens is 344 g/mol. The summed E-state index contributed by atoms with van der Waals surface area (Å²) in [5.41, 5.74) is 8.37. The highest BCUT2D eigenvalue weighted by Crippen LogP contribution is 2.23. The van der Waals surface area contributed by atoms with Gasteiger partial charge < -0.3 is 26.1 Å². The summed E-state index contributed by atoms with van der Waals surface area (Å²) in [4.78, 5) is 8.98. The van der Waals surface area contributed by atoms with Gasteiger partial charge in [0.25, 0.3) is 0 Å². The van der Waals surface area contributed by atoms with Gasteiger partial charge in [-0.1, -0.05) is 12.1 Å². The van der Waals surface area contributed by atoms with Gasteiger partial charge in [0.05, 0.1) is 12.6 Å². The van der Waals surface area contributed by atoms with E-state index in [9.17, 15) is 0 Å². The number of hydrogen-bond acceptors (Lipinski definition) is 8. The first-order chi connectivity index (χ1) is 13.1. The van der Waals surface area contributed by atoms with Crippen LogP contribution in [0.15, 0.2) is 63.1 Å². The minimum absolute atomic E-state index is 0.512. The van der Waals surface area contributed by atoms with Crippen LogP contribution in [0.5, 0.6) is 0 Å². The summed E-state index contributed by atoms with van der Waals surface area (Å²) >= 11 is 0. The molecule has 1 aromatic carbocycles. The van der Waals surface area contributed by atoms with Crippen molar-refractivity contribution in [3.8, 4) is 11.5 Å². The van der Waals surface area contributed by atoms with Crippen LogP contribution in [0.3, 0.4) is 0 Å². The van der Waals surface area contributed by atoms with Crippen molar-refractivity contribution in [1.29, 1.82) is 0 Å². The van der Waals surface area contributed by atoms with Gasteiger partial charge in [0.1, 0.15) is 5.69 Å². The van der Waals surface area contributed by atoms with Crippen molar-refractivity contribution in [2.45, 2.75) is 19.3 Å². The minimum Gasteiger partial charge on any atom is -0.463 e. The molecule has 1 aliphatic rings. The Labute approximate surface area is 155 Å². The van der Waals surface area contributed by atoms with Gasteiger partial charge in [-0.3, -0.25) is 5.10 Å². The Morgan fingerprint density at radius 1 is 1.22 bits per heavy atom. The molecule has 4 rings (SSSR count). The van der Waals surface area contributed by atoms with Crippen LogP contribution >= 0.6 is 0 Å². The molecule has 0 spiro atoms. The number of aliphatic imine (C=N–C) groups is 2. The number of rotatable bonds is 5. The molecule has 3 heterocycles. The maximum Gasteiger partial charge on any atom is 0.228 e. The van der Waals surface area contributed by atoms with Crippen LogP contribution in [0, 0.1) is 0 Å². The average molecular weight is 364 g/mol. The second-order valence-corrected chi connectivity index (χ2v) is 6.18. The number of nitrogens with zero attached hydrogens (tertiary/aromatic N) is 3. The Morgan fingerprint density at radius 2 is 2.07 bits per heavy atom. The van der Waals surface area contributed by atoms with Crippen molar-refractivity contribution in [1.82, 2.24) is 15.5 Å². The summed E-state index contributed by atoms with van der Waals surface area (Å²) in [6.07, 6.45) is 3.21. The lowest BCUT2D eigenvalue weighted by Gasteiger charge is -2.26. The summed E-state index contributed by atoms with van der Waals surface area (Å²) in [6.45, 7) is 2.36. The monoisotopic (exact) mass is 364 g/mol. The van der Waals surface area contributed by atoms with Gasteiger partial charge >= 0.3 is 0 Å². The molecule has 0 radical (unpaired) electrons. The van der Waals surface area contributed by atoms with Crippen molar-refractivity contribution >= 4 is 23.8 Å². The first-order valence-corrected chi connectivity index (χ1v) is 8.47. The summed E-state index contributed by atoms with van der Waals surface area (Å²) in [5.74, 6) is 0.988. The minimum atomic E-state index is -0.902. The maximum atomic E-state index is 5.63. The van der Waals surface area contributed by atoms with E-state index in [0.717, 1.165) is 16.9 Å².